The minimum absolute atomic E-state index is 0.0170. The number of ether oxygens (including phenoxy) is 1. The van der Waals surface area contributed by atoms with Gasteiger partial charge in [-0.3, -0.25) is 4.79 Å². The van der Waals surface area contributed by atoms with E-state index in [1.54, 1.807) is 0 Å². The molecule has 0 aromatic rings. The molecule has 0 spiro atoms. The molecule has 0 saturated carbocycles. The number of carbonyl (C=O) groups is 1. The zero-order valence-electron chi connectivity index (χ0n) is 8.45. The summed E-state index contributed by atoms with van der Waals surface area (Å²) in [5, 5.41) is 0. The molecule has 0 aromatic carbocycles. The van der Waals surface area contributed by atoms with Crippen LogP contribution in [-0.2, 0) is 9.53 Å². The smallest absolute Gasteiger partial charge is 0.308 e. The van der Waals surface area contributed by atoms with Crippen LogP contribution < -0.4 is 0 Å². The van der Waals surface area contributed by atoms with Crippen LogP contribution >= 0.6 is 0 Å². The van der Waals surface area contributed by atoms with E-state index < -0.39 is 0 Å². The van der Waals surface area contributed by atoms with Crippen LogP contribution in [0.5, 0.6) is 0 Å². The van der Waals surface area contributed by atoms with E-state index in [0.717, 1.165) is 19.3 Å². The fourth-order valence-electron chi connectivity index (χ4n) is 1.34. The Morgan fingerprint density at radius 1 is 1.46 bits per heavy atom. The maximum atomic E-state index is 11.3. The van der Waals surface area contributed by atoms with Crippen LogP contribution in [0.1, 0.15) is 39.5 Å². The number of rotatable bonds is 2. The van der Waals surface area contributed by atoms with Crippen LogP contribution in [-0.4, -0.2) is 12.1 Å². The van der Waals surface area contributed by atoms with E-state index in [-0.39, 0.29) is 18.0 Å². The summed E-state index contributed by atoms with van der Waals surface area (Å²) in [5.41, 5.74) is 0. The summed E-state index contributed by atoms with van der Waals surface area (Å²) >= 11 is 0. The Labute approximate surface area is 80.0 Å². The normalized spacial score (nSPS) is 22.8. The van der Waals surface area contributed by atoms with Gasteiger partial charge in [-0.25, -0.2) is 0 Å². The average Bonchev–Trinajstić information content (AvgIpc) is 2.32. The average molecular weight is 182 g/mol. The van der Waals surface area contributed by atoms with Crippen molar-refractivity contribution >= 4 is 5.97 Å². The second-order valence-corrected chi connectivity index (χ2v) is 3.84. The highest BCUT2D eigenvalue weighted by Gasteiger charge is 2.15. The number of carbonyl (C=O) groups excluding carboxylic acids is 1. The van der Waals surface area contributed by atoms with E-state index in [1.807, 2.05) is 19.9 Å². The highest BCUT2D eigenvalue weighted by atomic mass is 16.5. The molecule has 0 aromatic heterocycles. The molecule has 0 heterocycles. The molecular weight excluding hydrogens is 164 g/mol. The fourth-order valence-corrected chi connectivity index (χ4v) is 1.34. The van der Waals surface area contributed by atoms with Gasteiger partial charge in [-0.2, -0.15) is 0 Å². The van der Waals surface area contributed by atoms with E-state index in [9.17, 15) is 4.79 Å². The molecule has 1 aliphatic rings. The van der Waals surface area contributed by atoms with Gasteiger partial charge in [0.2, 0.25) is 0 Å². The molecule has 0 bridgehead atoms. The van der Waals surface area contributed by atoms with E-state index >= 15 is 0 Å². The number of esters is 1. The lowest BCUT2D eigenvalue weighted by Crippen LogP contribution is -2.19. The molecule has 0 N–H and O–H groups in total. The van der Waals surface area contributed by atoms with Crippen LogP contribution in [0.2, 0.25) is 0 Å². The summed E-state index contributed by atoms with van der Waals surface area (Å²) < 4.78 is 5.31. The standard InChI is InChI=1S/C11H18O2/c1-9(2)11(12)13-10-7-5-3-4-6-8-10/h5,7,9-10H,3-4,6,8H2,1-2H3/t10-/m0/s1. The van der Waals surface area contributed by atoms with Crippen molar-refractivity contribution in [2.75, 3.05) is 0 Å². The van der Waals surface area contributed by atoms with Gasteiger partial charge in [0, 0.05) is 0 Å². The number of allylic oxidation sites excluding steroid dienone is 1. The van der Waals surface area contributed by atoms with Gasteiger partial charge in [0.15, 0.2) is 0 Å². The largest absolute Gasteiger partial charge is 0.458 e. The fraction of sp³-hybridized carbons (Fsp3) is 0.727. The van der Waals surface area contributed by atoms with Gasteiger partial charge in [-0.15, -0.1) is 0 Å². The van der Waals surface area contributed by atoms with Gasteiger partial charge in [0.1, 0.15) is 6.10 Å². The highest BCUT2D eigenvalue weighted by Crippen LogP contribution is 2.15. The van der Waals surface area contributed by atoms with Crippen molar-refractivity contribution < 1.29 is 9.53 Å². The molecule has 0 saturated heterocycles. The van der Waals surface area contributed by atoms with E-state index in [0.29, 0.717) is 0 Å². The summed E-state index contributed by atoms with van der Waals surface area (Å²) in [6.07, 6.45) is 8.64. The zero-order valence-corrected chi connectivity index (χ0v) is 8.45. The zero-order chi connectivity index (χ0) is 9.68. The van der Waals surface area contributed by atoms with Crippen molar-refractivity contribution in [3.8, 4) is 0 Å². The molecule has 0 unspecified atom stereocenters. The molecule has 1 rings (SSSR count). The van der Waals surface area contributed by atoms with Crippen LogP contribution in [0.15, 0.2) is 12.2 Å². The first-order chi connectivity index (χ1) is 6.20. The second-order valence-electron chi connectivity index (χ2n) is 3.84. The van der Waals surface area contributed by atoms with E-state index in [4.69, 9.17) is 4.74 Å². The van der Waals surface area contributed by atoms with Crippen LogP contribution in [0.25, 0.3) is 0 Å². The lowest BCUT2D eigenvalue weighted by atomic mass is 10.2. The first kappa shape index (κ1) is 10.3. The predicted molar refractivity (Wildman–Crippen MR) is 52.3 cm³/mol. The Bertz CT molecular complexity index is 194. The van der Waals surface area contributed by atoms with Gasteiger partial charge in [0.05, 0.1) is 5.92 Å². The third kappa shape index (κ3) is 3.62. The Hall–Kier alpha value is -0.790. The Balaban J connectivity index is 2.38. The predicted octanol–water partition coefficient (Wildman–Crippen LogP) is 2.68. The van der Waals surface area contributed by atoms with Crippen molar-refractivity contribution in [1.82, 2.24) is 0 Å². The van der Waals surface area contributed by atoms with Crippen molar-refractivity contribution in [3.05, 3.63) is 12.2 Å². The molecule has 1 atom stereocenters. The molecule has 2 nitrogen and oxygen atoms in total. The minimum Gasteiger partial charge on any atom is -0.458 e. The van der Waals surface area contributed by atoms with Crippen molar-refractivity contribution in [1.29, 1.82) is 0 Å². The molecule has 0 aliphatic heterocycles. The maximum absolute atomic E-state index is 11.3. The van der Waals surface area contributed by atoms with Crippen LogP contribution in [0.3, 0.4) is 0 Å². The van der Waals surface area contributed by atoms with Crippen molar-refractivity contribution in [2.45, 2.75) is 45.6 Å². The number of hydrogen-bond acceptors (Lipinski definition) is 2. The molecule has 74 valence electrons. The summed E-state index contributed by atoms with van der Waals surface area (Å²) in [6.45, 7) is 3.73. The SMILES string of the molecule is CC(C)C(=O)O[C@H]1C=CCCCC1. The van der Waals surface area contributed by atoms with Gasteiger partial charge in [-0.05, 0) is 31.8 Å². The summed E-state index contributed by atoms with van der Waals surface area (Å²) in [7, 11) is 0. The lowest BCUT2D eigenvalue weighted by Gasteiger charge is -2.14. The Morgan fingerprint density at radius 2 is 2.23 bits per heavy atom. The van der Waals surface area contributed by atoms with Gasteiger partial charge < -0.3 is 4.74 Å². The second kappa shape index (κ2) is 5.05. The van der Waals surface area contributed by atoms with Gasteiger partial charge >= 0.3 is 5.97 Å². The minimum atomic E-state index is -0.0865. The van der Waals surface area contributed by atoms with Gasteiger partial charge in [0.25, 0.3) is 0 Å². The highest BCUT2D eigenvalue weighted by molar-refractivity contribution is 5.71. The molecule has 2 heteroatoms. The Morgan fingerprint density at radius 3 is 2.92 bits per heavy atom. The third-order valence-corrected chi connectivity index (χ3v) is 2.20. The lowest BCUT2D eigenvalue weighted by molar-refractivity contribution is -0.150. The topological polar surface area (TPSA) is 26.3 Å². The Kier molecular flexibility index (Phi) is 4.00. The summed E-state index contributed by atoms with van der Waals surface area (Å²) in [6, 6.07) is 0. The molecule has 13 heavy (non-hydrogen) atoms. The summed E-state index contributed by atoms with van der Waals surface area (Å²) in [5.74, 6) is -0.104. The van der Waals surface area contributed by atoms with Gasteiger partial charge in [-0.1, -0.05) is 19.9 Å². The molecular formula is C11H18O2. The van der Waals surface area contributed by atoms with Crippen LogP contribution in [0.4, 0.5) is 0 Å². The molecule has 0 fully saturated rings. The van der Waals surface area contributed by atoms with Crippen LogP contribution in [0, 0.1) is 5.92 Å². The van der Waals surface area contributed by atoms with E-state index in [2.05, 4.69) is 6.08 Å². The monoisotopic (exact) mass is 182 g/mol. The van der Waals surface area contributed by atoms with Crippen molar-refractivity contribution in [2.24, 2.45) is 5.92 Å². The van der Waals surface area contributed by atoms with Crippen molar-refractivity contribution in [3.63, 3.8) is 0 Å². The maximum Gasteiger partial charge on any atom is 0.308 e. The molecule has 1 aliphatic carbocycles. The first-order valence-corrected chi connectivity index (χ1v) is 5.07. The first-order valence-electron chi connectivity index (χ1n) is 5.07. The quantitative estimate of drug-likeness (QED) is 0.485. The third-order valence-electron chi connectivity index (χ3n) is 2.20. The number of hydrogen-bond donors (Lipinski definition) is 0. The summed E-state index contributed by atoms with van der Waals surface area (Å²) in [4.78, 5) is 11.3. The molecule has 0 radical (unpaired) electrons. The van der Waals surface area contributed by atoms with E-state index in [1.165, 1.54) is 6.42 Å². The molecule has 0 amide bonds.